The molecule has 0 radical (unpaired) electrons. The van der Waals surface area contributed by atoms with Gasteiger partial charge in [-0.25, -0.2) is 9.78 Å². The van der Waals surface area contributed by atoms with Gasteiger partial charge in [0.05, 0.1) is 0 Å². The number of aryl methyl sites for hydroxylation is 2. The minimum absolute atomic E-state index is 0.00712. The molecule has 0 atom stereocenters. The Kier molecular flexibility index (Phi) is 5.30. The number of para-hydroxylation sites is 1. The van der Waals surface area contributed by atoms with Gasteiger partial charge in [0, 0.05) is 18.8 Å². The average Bonchev–Trinajstić information content (AvgIpc) is 3.00. The van der Waals surface area contributed by atoms with Crippen LogP contribution in [-0.4, -0.2) is 34.1 Å². The van der Waals surface area contributed by atoms with Gasteiger partial charge in [0.2, 0.25) is 5.71 Å². The summed E-state index contributed by atoms with van der Waals surface area (Å²) in [5, 5.41) is 0.0451. The number of fused-ring (bicyclic) bond motifs is 1. The Hall–Kier alpha value is -3.42. The second-order valence-electron chi connectivity index (χ2n) is 6.64. The number of carbonyl (C=O) groups excluding carboxylic acids is 2. The monoisotopic (exact) mass is 383 g/mol. The first-order valence-corrected chi connectivity index (χ1v) is 8.80. The van der Waals surface area contributed by atoms with Crippen LogP contribution >= 0.6 is 0 Å². The third kappa shape index (κ3) is 3.53. The van der Waals surface area contributed by atoms with Crippen LogP contribution in [0.4, 0.5) is 5.69 Å². The number of esters is 1. The maximum Gasteiger partial charge on any atom is 0.343 e. The van der Waals surface area contributed by atoms with E-state index in [1.165, 1.54) is 17.9 Å². The molecule has 8 nitrogen and oxygen atoms in total. The molecule has 2 aromatic heterocycles. The topological polar surface area (TPSA) is 94.6 Å². The van der Waals surface area contributed by atoms with E-state index < -0.39 is 18.1 Å². The summed E-state index contributed by atoms with van der Waals surface area (Å²) < 4.78 is 11.9. The van der Waals surface area contributed by atoms with Gasteiger partial charge in [-0.1, -0.05) is 18.2 Å². The molecule has 0 aliphatic heterocycles. The number of carbonyl (C=O) groups is 2. The quantitative estimate of drug-likeness (QED) is 0.628. The number of benzene rings is 1. The highest BCUT2D eigenvalue weighted by molar-refractivity contribution is 6.04. The van der Waals surface area contributed by atoms with Crippen molar-refractivity contribution < 1.29 is 18.7 Å². The summed E-state index contributed by atoms with van der Waals surface area (Å²) >= 11 is 0. The van der Waals surface area contributed by atoms with Gasteiger partial charge in [-0.15, -0.1) is 0 Å². The number of amides is 1. The second kappa shape index (κ2) is 7.67. The fourth-order valence-corrected chi connectivity index (χ4v) is 3.02. The van der Waals surface area contributed by atoms with E-state index in [2.05, 4.69) is 4.98 Å². The molecule has 1 aromatic carbocycles. The fraction of sp³-hybridized carbons (Fsp3) is 0.300. The van der Waals surface area contributed by atoms with E-state index >= 15 is 0 Å². The molecule has 0 saturated carbocycles. The zero-order chi connectivity index (χ0) is 20.4. The number of furan rings is 1. The van der Waals surface area contributed by atoms with Crippen molar-refractivity contribution in [2.45, 2.75) is 26.8 Å². The average molecular weight is 383 g/mol. The van der Waals surface area contributed by atoms with Gasteiger partial charge in [-0.05, 0) is 32.9 Å². The summed E-state index contributed by atoms with van der Waals surface area (Å²) in [6.45, 7) is 4.83. The van der Waals surface area contributed by atoms with Crippen molar-refractivity contribution in [2.75, 3.05) is 11.5 Å². The molecule has 146 valence electrons. The Morgan fingerprint density at radius 2 is 1.93 bits per heavy atom. The Balaban J connectivity index is 1.83. The van der Waals surface area contributed by atoms with Crippen LogP contribution < -0.4 is 10.5 Å². The van der Waals surface area contributed by atoms with E-state index in [0.717, 1.165) is 0 Å². The van der Waals surface area contributed by atoms with Crippen molar-refractivity contribution in [3.63, 3.8) is 0 Å². The lowest BCUT2D eigenvalue weighted by atomic mass is 10.2. The standard InChI is InChI=1S/C20H21N3O5/c1-12(2)23(14-8-6-5-7-9-14)15(24)10-27-20(26)16-13(3)28-18-17(16)19(25)22(4)11-21-18/h5-9,11-12H,10H2,1-4H3. The van der Waals surface area contributed by atoms with Gasteiger partial charge in [-0.2, -0.15) is 0 Å². The van der Waals surface area contributed by atoms with E-state index in [1.807, 2.05) is 44.2 Å². The van der Waals surface area contributed by atoms with Crippen LogP contribution in [0.1, 0.15) is 30.0 Å². The number of ether oxygens (including phenoxy) is 1. The Morgan fingerprint density at radius 3 is 2.57 bits per heavy atom. The summed E-state index contributed by atoms with van der Waals surface area (Å²) in [7, 11) is 1.52. The number of hydrogen-bond acceptors (Lipinski definition) is 6. The molecule has 8 heteroatoms. The summed E-state index contributed by atoms with van der Waals surface area (Å²) in [5.41, 5.74) is 0.342. The molecule has 0 spiro atoms. The smallest absolute Gasteiger partial charge is 0.343 e. The third-order valence-electron chi connectivity index (χ3n) is 4.30. The fourth-order valence-electron chi connectivity index (χ4n) is 3.02. The zero-order valence-corrected chi connectivity index (χ0v) is 16.1. The van der Waals surface area contributed by atoms with Gasteiger partial charge in [-0.3, -0.25) is 9.59 Å². The van der Waals surface area contributed by atoms with Crippen molar-refractivity contribution in [1.82, 2.24) is 9.55 Å². The maximum absolute atomic E-state index is 12.7. The number of hydrogen-bond donors (Lipinski definition) is 0. The van der Waals surface area contributed by atoms with Crippen molar-refractivity contribution in [1.29, 1.82) is 0 Å². The number of nitrogens with zero attached hydrogens (tertiary/aromatic N) is 3. The maximum atomic E-state index is 12.7. The van der Waals surface area contributed by atoms with E-state index in [1.54, 1.807) is 11.8 Å². The highest BCUT2D eigenvalue weighted by Crippen LogP contribution is 2.22. The first kappa shape index (κ1) is 19.3. The van der Waals surface area contributed by atoms with Crippen molar-refractivity contribution in [2.24, 2.45) is 7.05 Å². The minimum Gasteiger partial charge on any atom is -0.452 e. The molecule has 3 aromatic rings. The molecule has 0 bridgehead atoms. The number of anilines is 1. The molecule has 0 N–H and O–H groups in total. The summed E-state index contributed by atoms with van der Waals surface area (Å²) in [4.78, 5) is 43.2. The number of aromatic nitrogens is 2. The summed E-state index contributed by atoms with van der Waals surface area (Å²) in [6, 6.07) is 9.00. The molecule has 1 amide bonds. The van der Waals surface area contributed by atoms with Gasteiger partial charge in [0.1, 0.15) is 23.0 Å². The van der Waals surface area contributed by atoms with E-state index in [9.17, 15) is 14.4 Å². The lowest BCUT2D eigenvalue weighted by Gasteiger charge is -2.26. The molecule has 0 aliphatic rings. The van der Waals surface area contributed by atoms with Crippen LogP contribution in [-0.2, 0) is 16.6 Å². The Bertz CT molecular complexity index is 1080. The first-order chi connectivity index (χ1) is 13.3. The first-order valence-electron chi connectivity index (χ1n) is 8.80. The third-order valence-corrected chi connectivity index (χ3v) is 4.30. The zero-order valence-electron chi connectivity index (χ0n) is 16.1. The van der Waals surface area contributed by atoms with Gasteiger partial charge >= 0.3 is 5.97 Å². The minimum atomic E-state index is -0.800. The van der Waals surface area contributed by atoms with Crippen LogP contribution in [0.3, 0.4) is 0 Å². The normalized spacial score (nSPS) is 11.0. The van der Waals surface area contributed by atoms with E-state index in [0.29, 0.717) is 5.69 Å². The van der Waals surface area contributed by atoms with Gasteiger partial charge in [0.25, 0.3) is 11.5 Å². The molecule has 3 rings (SSSR count). The largest absolute Gasteiger partial charge is 0.452 e. The summed E-state index contributed by atoms with van der Waals surface area (Å²) in [5.74, 6) is -0.954. The predicted octanol–water partition coefficient (Wildman–Crippen LogP) is 2.43. The molecule has 28 heavy (non-hydrogen) atoms. The van der Waals surface area contributed by atoms with Gasteiger partial charge < -0.3 is 18.6 Å². The molecular weight excluding hydrogens is 362 g/mol. The van der Waals surface area contributed by atoms with Crippen molar-refractivity contribution >= 4 is 28.7 Å². The summed E-state index contributed by atoms with van der Waals surface area (Å²) in [6.07, 6.45) is 1.31. The van der Waals surface area contributed by atoms with Crippen molar-refractivity contribution in [3.05, 3.63) is 58.3 Å². The number of rotatable bonds is 5. The highest BCUT2D eigenvalue weighted by atomic mass is 16.5. The lowest BCUT2D eigenvalue weighted by molar-refractivity contribution is -0.122. The SMILES string of the molecule is Cc1oc2ncn(C)c(=O)c2c1C(=O)OCC(=O)N(c1ccccc1)C(C)C. The molecular formula is C20H21N3O5. The van der Waals surface area contributed by atoms with Crippen molar-refractivity contribution in [3.8, 4) is 0 Å². The molecule has 0 saturated heterocycles. The van der Waals surface area contributed by atoms with E-state index in [-0.39, 0.29) is 34.4 Å². The van der Waals surface area contributed by atoms with Crippen LogP contribution in [0, 0.1) is 6.92 Å². The second-order valence-corrected chi connectivity index (χ2v) is 6.64. The van der Waals surface area contributed by atoms with E-state index in [4.69, 9.17) is 9.15 Å². The van der Waals surface area contributed by atoms with Crippen LogP contribution in [0.25, 0.3) is 11.1 Å². The van der Waals surface area contributed by atoms with Crippen LogP contribution in [0.15, 0.2) is 45.9 Å². The van der Waals surface area contributed by atoms with Gasteiger partial charge in [0.15, 0.2) is 6.61 Å². The Morgan fingerprint density at radius 1 is 1.25 bits per heavy atom. The van der Waals surface area contributed by atoms with Crippen LogP contribution in [0.2, 0.25) is 0 Å². The molecule has 0 fully saturated rings. The van der Waals surface area contributed by atoms with Crippen LogP contribution in [0.5, 0.6) is 0 Å². The Labute approximate surface area is 161 Å². The molecule has 0 unspecified atom stereocenters. The molecule has 2 heterocycles. The molecule has 0 aliphatic carbocycles. The predicted molar refractivity (Wildman–Crippen MR) is 103 cm³/mol. The lowest BCUT2D eigenvalue weighted by Crippen LogP contribution is -2.40. The highest BCUT2D eigenvalue weighted by Gasteiger charge is 2.26.